The van der Waals surface area contributed by atoms with Crippen LogP contribution in [0.15, 0.2) is 12.4 Å². The molecule has 0 bridgehead atoms. The highest BCUT2D eigenvalue weighted by atomic mass is 16.4. The Morgan fingerprint density at radius 3 is 2.78 bits per heavy atom. The molecule has 2 N–H and O–H groups in total. The Labute approximate surface area is 105 Å². The van der Waals surface area contributed by atoms with E-state index in [4.69, 9.17) is 5.11 Å². The van der Waals surface area contributed by atoms with Gasteiger partial charge in [0, 0.05) is 26.0 Å². The minimum atomic E-state index is -1.02. The van der Waals surface area contributed by atoms with E-state index in [1.807, 2.05) is 14.0 Å². The van der Waals surface area contributed by atoms with Crippen LogP contribution in [0.2, 0.25) is 0 Å². The van der Waals surface area contributed by atoms with E-state index in [-0.39, 0.29) is 19.1 Å². The molecule has 1 rings (SSSR count). The van der Waals surface area contributed by atoms with E-state index >= 15 is 0 Å². The van der Waals surface area contributed by atoms with Crippen LogP contribution < -0.4 is 5.32 Å². The average molecular weight is 254 g/mol. The highest BCUT2D eigenvalue weighted by Crippen LogP contribution is 1.96. The highest BCUT2D eigenvalue weighted by Gasteiger charge is 2.15. The summed E-state index contributed by atoms with van der Waals surface area (Å²) in [5.74, 6) is -0.300. The number of imidazole rings is 1. The van der Waals surface area contributed by atoms with E-state index in [0.717, 1.165) is 5.82 Å². The summed E-state index contributed by atoms with van der Waals surface area (Å²) < 4.78 is 1.79. The normalized spacial score (nSPS) is 10.1. The quantitative estimate of drug-likeness (QED) is 0.770. The molecule has 2 amide bonds. The summed E-state index contributed by atoms with van der Waals surface area (Å²) >= 11 is 0. The van der Waals surface area contributed by atoms with Crippen LogP contribution in [-0.4, -0.2) is 44.6 Å². The third-order valence-electron chi connectivity index (χ3n) is 2.43. The first-order chi connectivity index (χ1) is 8.54. The van der Waals surface area contributed by atoms with Gasteiger partial charge in [-0.1, -0.05) is 6.92 Å². The van der Waals surface area contributed by atoms with Gasteiger partial charge in [-0.25, -0.2) is 9.78 Å². The van der Waals surface area contributed by atoms with Crippen LogP contribution in [-0.2, 0) is 18.4 Å². The minimum absolute atomic E-state index is 0.280. The number of aryl methyl sites for hydroxylation is 1. The second-order valence-corrected chi connectivity index (χ2v) is 3.93. The van der Waals surface area contributed by atoms with Gasteiger partial charge < -0.3 is 19.9 Å². The number of carboxylic acid groups (broad SMARTS) is 1. The Morgan fingerprint density at radius 2 is 2.28 bits per heavy atom. The molecule has 0 spiro atoms. The number of amides is 2. The summed E-state index contributed by atoms with van der Waals surface area (Å²) in [7, 11) is 1.83. The van der Waals surface area contributed by atoms with Crippen LogP contribution in [0.5, 0.6) is 0 Å². The SMILES string of the molecule is CCCN(CC(=O)O)C(=O)NCc1nccn1C. The maximum absolute atomic E-state index is 11.8. The Kier molecular flexibility index (Phi) is 5.16. The lowest BCUT2D eigenvalue weighted by Gasteiger charge is -2.20. The van der Waals surface area contributed by atoms with Gasteiger partial charge in [0.1, 0.15) is 12.4 Å². The molecule has 0 aromatic carbocycles. The van der Waals surface area contributed by atoms with Crippen molar-refractivity contribution in [3.05, 3.63) is 18.2 Å². The zero-order valence-electron chi connectivity index (χ0n) is 10.6. The summed E-state index contributed by atoms with van der Waals surface area (Å²) in [6, 6.07) is -0.387. The number of aromatic nitrogens is 2. The molecular weight excluding hydrogens is 236 g/mol. The molecule has 0 aliphatic carbocycles. The van der Waals surface area contributed by atoms with Gasteiger partial charge in [-0.2, -0.15) is 0 Å². The lowest BCUT2D eigenvalue weighted by Crippen LogP contribution is -2.43. The summed E-state index contributed by atoms with van der Waals surface area (Å²) in [5.41, 5.74) is 0. The molecule has 100 valence electrons. The predicted octanol–water partition coefficient (Wildman–Crippen LogP) is 0.426. The molecule has 7 nitrogen and oxygen atoms in total. The molecule has 1 heterocycles. The van der Waals surface area contributed by atoms with Crippen molar-refractivity contribution in [1.82, 2.24) is 19.8 Å². The number of nitrogens with zero attached hydrogens (tertiary/aromatic N) is 3. The lowest BCUT2D eigenvalue weighted by atomic mass is 10.4. The van der Waals surface area contributed by atoms with Crippen LogP contribution in [0.3, 0.4) is 0 Å². The number of hydrogen-bond acceptors (Lipinski definition) is 3. The number of nitrogens with one attached hydrogen (secondary N) is 1. The second-order valence-electron chi connectivity index (χ2n) is 3.93. The van der Waals surface area contributed by atoms with Crippen LogP contribution in [0.4, 0.5) is 4.79 Å². The molecule has 0 unspecified atom stereocenters. The van der Waals surface area contributed by atoms with E-state index in [9.17, 15) is 9.59 Å². The maximum atomic E-state index is 11.8. The molecule has 0 aliphatic heterocycles. The number of carboxylic acids is 1. The van der Waals surface area contributed by atoms with Gasteiger partial charge in [-0.3, -0.25) is 4.79 Å². The van der Waals surface area contributed by atoms with Crippen molar-refractivity contribution < 1.29 is 14.7 Å². The van der Waals surface area contributed by atoms with Gasteiger partial charge in [0.15, 0.2) is 0 Å². The second kappa shape index (κ2) is 6.63. The van der Waals surface area contributed by atoms with Crippen LogP contribution in [0.1, 0.15) is 19.2 Å². The van der Waals surface area contributed by atoms with Gasteiger partial charge in [0.05, 0.1) is 6.54 Å². The molecule has 0 saturated carbocycles. The van der Waals surface area contributed by atoms with Crippen molar-refractivity contribution >= 4 is 12.0 Å². The van der Waals surface area contributed by atoms with Crippen LogP contribution >= 0.6 is 0 Å². The van der Waals surface area contributed by atoms with Gasteiger partial charge in [0.25, 0.3) is 0 Å². The van der Waals surface area contributed by atoms with Crippen molar-refractivity contribution in [3.63, 3.8) is 0 Å². The smallest absolute Gasteiger partial charge is 0.323 e. The first kappa shape index (κ1) is 14.0. The molecular formula is C11H18N4O3. The number of urea groups is 1. The van der Waals surface area contributed by atoms with Crippen molar-refractivity contribution in [2.24, 2.45) is 7.05 Å². The van der Waals surface area contributed by atoms with Crippen molar-refractivity contribution in [2.75, 3.05) is 13.1 Å². The molecule has 0 radical (unpaired) electrons. The van der Waals surface area contributed by atoms with Gasteiger partial charge in [-0.05, 0) is 6.42 Å². The minimum Gasteiger partial charge on any atom is -0.480 e. The van der Waals surface area contributed by atoms with Gasteiger partial charge in [-0.15, -0.1) is 0 Å². The fraction of sp³-hybridized carbons (Fsp3) is 0.545. The summed E-state index contributed by atoms with van der Waals surface area (Å²) in [6.45, 7) is 2.29. The van der Waals surface area contributed by atoms with Crippen molar-refractivity contribution in [3.8, 4) is 0 Å². The molecule has 1 aromatic rings. The van der Waals surface area contributed by atoms with E-state index in [1.54, 1.807) is 17.0 Å². The lowest BCUT2D eigenvalue weighted by molar-refractivity contribution is -0.137. The molecule has 18 heavy (non-hydrogen) atoms. The fourth-order valence-electron chi connectivity index (χ4n) is 1.52. The number of carbonyl (C=O) groups is 2. The monoisotopic (exact) mass is 254 g/mol. The van der Waals surface area contributed by atoms with Gasteiger partial charge >= 0.3 is 12.0 Å². The Balaban J connectivity index is 2.51. The zero-order chi connectivity index (χ0) is 13.5. The molecule has 1 aromatic heterocycles. The molecule has 0 fully saturated rings. The summed E-state index contributed by atoms with van der Waals surface area (Å²) in [4.78, 5) is 27.8. The number of rotatable bonds is 6. The third kappa shape index (κ3) is 4.08. The molecule has 7 heteroatoms. The summed E-state index contributed by atoms with van der Waals surface area (Å²) in [6.07, 6.45) is 4.13. The first-order valence-corrected chi connectivity index (χ1v) is 5.75. The standard InChI is InChI=1S/C11H18N4O3/c1-3-5-15(8-10(16)17)11(18)13-7-9-12-4-6-14(9)2/h4,6H,3,5,7-8H2,1-2H3,(H,13,18)(H,16,17). The Morgan fingerprint density at radius 1 is 1.56 bits per heavy atom. The molecule has 0 saturated heterocycles. The largest absolute Gasteiger partial charge is 0.480 e. The first-order valence-electron chi connectivity index (χ1n) is 5.75. The van der Waals surface area contributed by atoms with E-state index < -0.39 is 5.97 Å². The van der Waals surface area contributed by atoms with Crippen molar-refractivity contribution in [1.29, 1.82) is 0 Å². The number of hydrogen-bond donors (Lipinski definition) is 2. The van der Waals surface area contributed by atoms with Crippen LogP contribution in [0, 0.1) is 0 Å². The Bertz CT molecular complexity index is 416. The van der Waals surface area contributed by atoms with Crippen molar-refractivity contribution in [2.45, 2.75) is 19.9 Å². The molecule has 0 aliphatic rings. The third-order valence-corrected chi connectivity index (χ3v) is 2.43. The Hall–Kier alpha value is -2.05. The predicted molar refractivity (Wildman–Crippen MR) is 64.9 cm³/mol. The van der Waals surface area contributed by atoms with Gasteiger partial charge in [0.2, 0.25) is 0 Å². The number of aliphatic carboxylic acids is 1. The maximum Gasteiger partial charge on any atom is 0.323 e. The van der Waals surface area contributed by atoms with E-state index in [2.05, 4.69) is 10.3 Å². The average Bonchev–Trinajstić information content (AvgIpc) is 2.70. The zero-order valence-corrected chi connectivity index (χ0v) is 10.6. The van der Waals surface area contributed by atoms with Crippen LogP contribution in [0.25, 0.3) is 0 Å². The highest BCUT2D eigenvalue weighted by molar-refractivity contribution is 5.79. The van der Waals surface area contributed by atoms with E-state index in [1.165, 1.54) is 4.90 Å². The number of carbonyl (C=O) groups excluding carboxylic acids is 1. The topological polar surface area (TPSA) is 87.5 Å². The fourth-order valence-corrected chi connectivity index (χ4v) is 1.52. The molecule has 0 atom stereocenters. The van der Waals surface area contributed by atoms with E-state index in [0.29, 0.717) is 13.0 Å². The summed E-state index contributed by atoms with van der Waals surface area (Å²) in [5, 5.41) is 11.4.